The van der Waals surface area contributed by atoms with Crippen molar-refractivity contribution in [3.05, 3.63) is 89.2 Å². The molecule has 2 aromatic carbocycles. The van der Waals surface area contributed by atoms with Crippen molar-refractivity contribution in [1.29, 1.82) is 5.26 Å². The molecule has 1 fully saturated rings. The Morgan fingerprint density at radius 2 is 1.91 bits per heavy atom. The van der Waals surface area contributed by atoms with Gasteiger partial charge in [-0.05, 0) is 42.2 Å². The fourth-order valence-electron chi connectivity index (χ4n) is 3.96. The summed E-state index contributed by atoms with van der Waals surface area (Å²) in [6.45, 7) is 3.70. The molecule has 1 aliphatic heterocycles. The Morgan fingerprint density at radius 1 is 1.09 bits per heavy atom. The highest BCUT2D eigenvalue weighted by Gasteiger charge is 2.32. The number of aromatic nitrogens is 1. The second-order valence-corrected chi connectivity index (χ2v) is 10.4. The van der Waals surface area contributed by atoms with E-state index in [2.05, 4.69) is 4.98 Å². The third kappa shape index (κ3) is 6.13. The molecule has 2 heterocycles. The summed E-state index contributed by atoms with van der Waals surface area (Å²) in [5, 5.41) is 8.95. The smallest absolute Gasteiger partial charge is 0.218 e. The first-order valence-electron chi connectivity index (χ1n) is 11.2. The van der Waals surface area contributed by atoms with Gasteiger partial charge in [0.1, 0.15) is 29.9 Å². The highest BCUT2D eigenvalue weighted by molar-refractivity contribution is 7.88. The normalized spacial score (nSPS) is 16.2. The monoisotopic (exact) mass is 477 g/mol. The van der Waals surface area contributed by atoms with Crippen molar-refractivity contribution in [2.75, 3.05) is 19.7 Å². The Kier molecular flexibility index (Phi) is 7.46. The Bertz CT molecular complexity index is 1270. The molecule has 0 radical (unpaired) electrons. The van der Waals surface area contributed by atoms with Crippen LogP contribution in [0.3, 0.4) is 0 Å². The number of hydrogen-bond acceptors (Lipinski definition) is 6. The zero-order valence-corrected chi connectivity index (χ0v) is 19.9. The lowest BCUT2D eigenvalue weighted by atomic mass is 10.1. The van der Waals surface area contributed by atoms with Crippen LogP contribution in [0.1, 0.15) is 28.8 Å². The van der Waals surface area contributed by atoms with Gasteiger partial charge in [-0.25, -0.2) is 17.7 Å². The zero-order valence-electron chi connectivity index (χ0n) is 19.1. The summed E-state index contributed by atoms with van der Waals surface area (Å²) in [5.41, 5.74) is 3.02. The lowest BCUT2D eigenvalue weighted by Gasteiger charge is -2.18. The van der Waals surface area contributed by atoms with Crippen molar-refractivity contribution in [3.63, 3.8) is 0 Å². The number of sulfonamides is 1. The van der Waals surface area contributed by atoms with Gasteiger partial charge in [-0.15, -0.1) is 0 Å². The van der Waals surface area contributed by atoms with E-state index in [0.29, 0.717) is 37.7 Å². The third-order valence-electron chi connectivity index (χ3n) is 5.80. The van der Waals surface area contributed by atoms with E-state index in [1.807, 2.05) is 61.5 Å². The number of hydrogen-bond donors (Lipinski definition) is 0. The zero-order chi connectivity index (χ0) is 24.0. The SMILES string of the molecule is Cc1cc(CS(=O)(=O)N2CC[C@H](COc3ccnc(C#N)c3)C2)ccc1OCc1ccccc1. The Balaban J connectivity index is 1.31. The predicted octanol–water partition coefficient (Wildman–Crippen LogP) is 4.07. The summed E-state index contributed by atoms with van der Waals surface area (Å²) in [4.78, 5) is 3.92. The number of benzene rings is 2. The summed E-state index contributed by atoms with van der Waals surface area (Å²) in [6, 6.07) is 20.7. The number of ether oxygens (including phenoxy) is 2. The third-order valence-corrected chi connectivity index (χ3v) is 7.62. The Hall–Kier alpha value is -3.41. The van der Waals surface area contributed by atoms with Crippen LogP contribution >= 0.6 is 0 Å². The molecule has 176 valence electrons. The van der Waals surface area contributed by atoms with Crippen LogP contribution in [0.4, 0.5) is 0 Å². The van der Waals surface area contributed by atoms with Crippen LogP contribution in [0.5, 0.6) is 11.5 Å². The van der Waals surface area contributed by atoms with Crippen molar-refractivity contribution in [3.8, 4) is 17.6 Å². The largest absolute Gasteiger partial charge is 0.493 e. The van der Waals surface area contributed by atoms with E-state index in [9.17, 15) is 8.42 Å². The first-order chi connectivity index (χ1) is 16.4. The minimum atomic E-state index is -3.44. The standard InChI is InChI=1S/C26H27N3O4S/c1-20-13-22(7-8-26(20)33-17-21-5-3-2-4-6-21)19-34(30,31)29-12-10-23(16-29)18-32-25-9-11-28-24(14-25)15-27/h2-9,11,13-14,23H,10,12,16-19H2,1H3/t23-/m0/s1. The maximum atomic E-state index is 13.0. The molecule has 1 atom stereocenters. The van der Waals surface area contributed by atoms with Gasteiger partial charge in [0, 0.05) is 31.3 Å². The molecule has 3 aromatic rings. The fraction of sp³-hybridized carbons (Fsp3) is 0.308. The summed E-state index contributed by atoms with van der Waals surface area (Å²) >= 11 is 0. The molecule has 7 nitrogen and oxygen atoms in total. The topological polar surface area (TPSA) is 92.5 Å². The molecule has 34 heavy (non-hydrogen) atoms. The average Bonchev–Trinajstić information content (AvgIpc) is 3.33. The lowest BCUT2D eigenvalue weighted by molar-refractivity contribution is 0.254. The molecular formula is C26H27N3O4S. The van der Waals surface area contributed by atoms with E-state index >= 15 is 0 Å². The van der Waals surface area contributed by atoms with Crippen LogP contribution in [0.25, 0.3) is 0 Å². The first-order valence-corrected chi connectivity index (χ1v) is 12.8. The van der Waals surface area contributed by atoms with Crippen LogP contribution in [-0.2, 0) is 22.4 Å². The quantitative estimate of drug-likeness (QED) is 0.461. The predicted molar refractivity (Wildman–Crippen MR) is 129 cm³/mol. The van der Waals surface area contributed by atoms with Gasteiger partial charge in [-0.3, -0.25) is 0 Å². The second kappa shape index (κ2) is 10.7. The molecule has 1 aliphatic rings. The van der Waals surface area contributed by atoms with E-state index in [1.165, 1.54) is 6.20 Å². The van der Waals surface area contributed by atoms with Gasteiger partial charge in [-0.1, -0.05) is 42.5 Å². The number of aryl methyl sites for hydroxylation is 1. The summed E-state index contributed by atoms with van der Waals surface area (Å²) in [5.74, 6) is 1.37. The Labute approximate surface area is 200 Å². The molecule has 4 rings (SSSR count). The second-order valence-electron chi connectivity index (χ2n) is 8.44. The van der Waals surface area contributed by atoms with Crippen molar-refractivity contribution in [1.82, 2.24) is 9.29 Å². The molecule has 0 unspecified atom stereocenters. The highest BCUT2D eigenvalue weighted by Crippen LogP contribution is 2.26. The Morgan fingerprint density at radius 3 is 2.68 bits per heavy atom. The van der Waals surface area contributed by atoms with Crippen molar-refractivity contribution in [2.45, 2.75) is 25.7 Å². The van der Waals surface area contributed by atoms with Gasteiger partial charge in [0.2, 0.25) is 10.0 Å². The van der Waals surface area contributed by atoms with Crippen LogP contribution in [0.15, 0.2) is 66.9 Å². The minimum absolute atomic E-state index is 0.0454. The molecule has 0 N–H and O–H groups in total. The minimum Gasteiger partial charge on any atom is -0.493 e. The lowest BCUT2D eigenvalue weighted by Crippen LogP contribution is -2.30. The van der Waals surface area contributed by atoms with Gasteiger partial charge in [0.15, 0.2) is 0 Å². The summed E-state index contributed by atoms with van der Waals surface area (Å²) in [7, 11) is -3.44. The van der Waals surface area contributed by atoms with Crippen molar-refractivity contribution >= 4 is 10.0 Å². The molecule has 0 amide bonds. The highest BCUT2D eigenvalue weighted by atomic mass is 32.2. The van der Waals surface area contributed by atoms with Crippen molar-refractivity contribution < 1.29 is 17.9 Å². The number of nitriles is 1. The molecule has 0 bridgehead atoms. The van der Waals surface area contributed by atoms with Crippen LogP contribution in [0.2, 0.25) is 0 Å². The molecule has 0 aliphatic carbocycles. The van der Waals surface area contributed by atoms with Gasteiger partial charge >= 0.3 is 0 Å². The van der Waals surface area contributed by atoms with Crippen LogP contribution in [-0.4, -0.2) is 37.4 Å². The van der Waals surface area contributed by atoms with Crippen molar-refractivity contribution in [2.24, 2.45) is 5.92 Å². The molecule has 0 spiro atoms. The maximum absolute atomic E-state index is 13.0. The van der Waals surface area contributed by atoms with E-state index in [1.54, 1.807) is 16.4 Å². The summed E-state index contributed by atoms with van der Waals surface area (Å²) in [6.07, 6.45) is 2.26. The van der Waals surface area contributed by atoms with Gasteiger partial charge in [-0.2, -0.15) is 5.26 Å². The van der Waals surface area contributed by atoms with Gasteiger partial charge in [0.05, 0.1) is 12.4 Å². The van der Waals surface area contributed by atoms with E-state index in [4.69, 9.17) is 14.7 Å². The number of nitrogens with zero attached hydrogens (tertiary/aromatic N) is 3. The van der Waals surface area contributed by atoms with Gasteiger partial charge < -0.3 is 9.47 Å². The molecular weight excluding hydrogens is 450 g/mol. The van der Waals surface area contributed by atoms with Crippen LogP contribution in [0, 0.1) is 24.2 Å². The fourth-order valence-corrected chi connectivity index (χ4v) is 5.57. The summed E-state index contributed by atoms with van der Waals surface area (Å²) < 4.78 is 39.3. The molecule has 8 heteroatoms. The number of rotatable bonds is 9. The molecule has 1 aromatic heterocycles. The van der Waals surface area contributed by atoms with Gasteiger partial charge in [0.25, 0.3) is 0 Å². The molecule has 0 saturated carbocycles. The first kappa shape index (κ1) is 23.7. The van der Waals surface area contributed by atoms with E-state index < -0.39 is 10.0 Å². The molecule has 1 saturated heterocycles. The average molecular weight is 478 g/mol. The van der Waals surface area contributed by atoms with E-state index in [-0.39, 0.29) is 11.7 Å². The number of pyridine rings is 1. The van der Waals surface area contributed by atoms with E-state index in [0.717, 1.165) is 28.9 Å². The van der Waals surface area contributed by atoms with Crippen LogP contribution < -0.4 is 9.47 Å². The maximum Gasteiger partial charge on any atom is 0.218 e.